The molecule has 0 atom stereocenters. The van der Waals surface area contributed by atoms with Gasteiger partial charge in [0.2, 0.25) is 0 Å². The van der Waals surface area contributed by atoms with E-state index in [-0.39, 0.29) is 0 Å². The van der Waals surface area contributed by atoms with Crippen LogP contribution in [0.15, 0.2) is 11.8 Å². The molecule has 0 aliphatic carbocycles. The van der Waals surface area contributed by atoms with Crippen molar-refractivity contribution in [2.24, 2.45) is 11.1 Å². The number of halogens is 3. The first kappa shape index (κ1) is 10.3. The van der Waals surface area contributed by atoms with Crippen molar-refractivity contribution in [1.82, 2.24) is 0 Å². The van der Waals surface area contributed by atoms with Crippen molar-refractivity contribution < 1.29 is 13.2 Å². The van der Waals surface area contributed by atoms with Gasteiger partial charge in [0.25, 0.3) is 0 Å². The molecule has 0 saturated heterocycles. The number of rotatable bonds is 0. The van der Waals surface area contributed by atoms with Crippen LogP contribution in [-0.2, 0) is 0 Å². The quantitative estimate of drug-likeness (QED) is 0.589. The number of hydrogen-bond donors (Lipinski definition) is 1. The molecule has 0 amide bonds. The zero-order valence-corrected chi connectivity index (χ0v) is 6.79. The second kappa shape index (κ2) is 2.75. The second-order valence-electron chi connectivity index (χ2n) is 3.46. The number of alkyl halides is 3. The smallest absolute Gasteiger partial charge is 0.395 e. The summed E-state index contributed by atoms with van der Waals surface area (Å²) in [7, 11) is 0. The van der Waals surface area contributed by atoms with Gasteiger partial charge in [-0.3, -0.25) is 0 Å². The van der Waals surface area contributed by atoms with Crippen LogP contribution in [0.3, 0.4) is 0 Å². The summed E-state index contributed by atoms with van der Waals surface area (Å²) < 4.78 is 35.4. The van der Waals surface area contributed by atoms with Crippen LogP contribution in [0.5, 0.6) is 0 Å². The molecule has 1 nitrogen and oxygen atoms in total. The molecule has 0 radical (unpaired) electrons. The number of allylic oxidation sites excluding steroid dienone is 2. The summed E-state index contributed by atoms with van der Waals surface area (Å²) >= 11 is 0. The Kier molecular flexibility index (Phi) is 2.59. The molecule has 11 heavy (non-hydrogen) atoms. The Labute approximate surface area is 64.1 Å². The van der Waals surface area contributed by atoms with Crippen molar-refractivity contribution in [2.45, 2.75) is 26.9 Å². The van der Waals surface area contributed by atoms with E-state index in [2.05, 4.69) is 0 Å². The molecule has 66 valence electrons. The molecule has 0 spiro atoms. The summed E-state index contributed by atoms with van der Waals surface area (Å²) in [6.07, 6.45) is -3.39. The zero-order chi connectivity index (χ0) is 9.28. The fraction of sp³-hybridized carbons (Fsp3) is 0.714. The van der Waals surface area contributed by atoms with Crippen LogP contribution in [0.2, 0.25) is 0 Å². The van der Waals surface area contributed by atoms with Crippen LogP contribution in [-0.4, -0.2) is 6.18 Å². The molecule has 0 unspecified atom stereocenters. The third kappa shape index (κ3) is 4.70. The van der Waals surface area contributed by atoms with E-state index >= 15 is 0 Å². The minimum absolute atomic E-state index is 0.528. The Balaban J connectivity index is 4.49. The lowest BCUT2D eigenvalue weighted by Gasteiger charge is -2.15. The van der Waals surface area contributed by atoms with Crippen molar-refractivity contribution in [3.05, 3.63) is 11.8 Å². The summed E-state index contributed by atoms with van der Waals surface area (Å²) in [4.78, 5) is 0. The van der Waals surface area contributed by atoms with E-state index in [9.17, 15) is 13.2 Å². The van der Waals surface area contributed by atoms with Gasteiger partial charge in [0.05, 0.1) is 0 Å². The SMILES string of the molecule is CC(C)(C)/C=C(\N)C(F)(F)F. The highest BCUT2D eigenvalue weighted by atomic mass is 19.4. The molecule has 0 heterocycles. The Morgan fingerprint density at radius 2 is 1.55 bits per heavy atom. The fourth-order valence-corrected chi connectivity index (χ4v) is 0.548. The van der Waals surface area contributed by atoms with Crippen molar-refractivity contribution in [1.29, 1.82) is 0 Å². The molecule has 4 heteroatoms. The maximum Gasteiger partial charge on any atom is 0.430 e. The predicted octanol–water partition coefficient (Wildman–Crippen LogP) is 2.44. The summed E-state index contributed by atoms with van der Waals surface area (Å²) in [5.74, 6) is 0. The lowest BCUT2D eigenvalue weighted by Crippen LogP contribution is -2.21. The van der Waals surface area contributed by atoms with Gasteiger partial charge in [-0.1, -0.05) is 26.8 Å². The van der Waals surface area contributed by atoms with Gasteiger partial charge in [0.1, 0.15) is 5.70 Å². The van der Waals surface area contributed by atoms with Crippen LogP contribution >= 0.6 is 0 Å². The third-order valence-corrected chi connectivity index (χ3v) is 0.916. The van der Waals surface area contributed by atoms with E-state index in [1.165, 1.54) is 0 Å². The maximum atomic E-state index is 11.8. The standard InChI is InChI=1S/C7H12F3N/c1-6(2,3)4-5(11)7(8,9)10/h4H,11H2,1-3H3/b5-4-. The second-order valence-corrected chi connectivity index (χ2v) is 3.46. The van der Waals surface area contributed by atoms with E-state index in [0.717, 1.165) is 6.08 Å². The van der Waals surface area contributed by atoms with Crippen LogP contribution < -0.4 is 5.73 Å². The van der Waals surface area contributed by atoms with Crippen molar-refractivity contribution in [3.8, 4) is 0 Å². The largest absolute Gasteiger partial charge is 0.430 e. The molecule has 0 saturated carbocycles. The Morgan fingerprint density at radius 1 is 1.18 bits per heavy atom. The molecule has 0 aromatic rings. The Hall–Kier alpha value is -0.670. The van der Waals surface area contributed by atoms with Crippen molar-refractivity contribution in [2.75, 3.05) is 0 Å². The summed E-state index contributed by atoms with van der Waals surface area (Å²) in [6, 6.07) is 0. The molecule has 0 aromatic carbocycles. The Morgan fingerprint density at radius 3 is 1.64 bits per heavy atom. The van der Waals surface area contributed by atoms with E-state index < -0.39 is 17.3 Å². The topological polar surface area (TPSA) is 26.0 Å². The molecule has 0 fully saturated rings. The summed E-state index contributed by atoms with van der Waals surface area (Å²) in [6.45, 7) is 4.97. The fourth-order valence-electron chi connectivity index (χ4n) is 0.548. The van der Waals surface area contributed by atoms with Crippen LogP contribution in [0.4, 0.5) is 13.2 Å². The van der Waals surface area contributed by atoms with Gasteiger partial charge in [0, 0.05) is 0 Å². The molecule has 0 bridgehead atoms. The molecule has 2 N–H and O–H groups in total. The maximum absolute atomic E-state index is 11.8. The normalized spacial score (nSPS) is 15.3. The van der Waals surface area contributed by atoms with Crippen LogP contribution in [0.1, 0.15) is 20.8 Å². The summed E-state index contributed by atoms with van der Waals surface area (Å²) in [5, 5.41) is 0. The summed E-state index contributed by atoms with van der Waals surface area (Å²) in [5.41, 5.74) is 3.22. The molecule has 0 aromatic heterocycles. The molecule has 0 aliphatic rings. The van der Waals surface area contributed by atoms with Gasteiger partial charge in [-0.15, -0.1) is 0 Å². The monoisotopic (exact) mass is 167 g/mol. The first-order valence-electron chi connectivity index (χ1n) is 3.18. The molecular formula is C7H12F3N. The van der Waals surface area contributed by atoms with Crippen molar-refractivity contribution >= 4 is 0 Å². The minimum atomic E-state index is -4.40. The average molecular weight is 167 g/mol. The highest BCUT2D eigenvalue weighted by molar-refractivity contribution is 5.08. The van der Waals surface area contributed by atoms with E-state index in [0.29, 0.717) is 0 Å². The van der Waals surface area contributed by atoms with Crippen LogP contribution in [0, 0.1) is 5.41 Å². The van der Waals surface area contributed by atoms with E-state index in [1.54, 1.807) is 20.8 Å². The minimum Gasteiger partial charge on any atom is -0.395 e. The third-order valence-electron chi connectivity index (χ3n) is 0.916. The van der Waals surface area contributed by atoms with Gasteiger partial charge in [-0.2, -0.15) is 13.2 Å². The number of hydrogen-bond acceptors (Lipinski definition) is 1. The highest BCUT2D eigenvalue weighted by Crippen LogP contribution is 2.26. The first-order chi connectivity index (χ1) is 4.63. The van der Waals surface area contributed by atoms with Gasteiger partial charge in [0.15, 0.2) is 0 Å². The van der Waals surface area contributed by atoms with Gasteiger partial charge < -0.3 is 5.73 Å². The van der Waals surface area contributed by atoms with E-state index in [1.807, 2.05) is 0 Å². The van der Waals surface area contributed by atoms with Crippen LogP contribution in [0.25, 0.3) is 0 Å². The van der Waals surface area contributed by atoms with Gasteiger partial charge in [-0.05, 0) is 5.41 Å². The lowest BCUT2D eigenvalue weighted by molar-refractivity contribution is -0.0934. The van der Waals surface area contributed by atoms with Gasteiger partial charge in [-0.25, -0.2) is 0 Å². The molecule has 0 rings (SSSR count). The predicted molar refractivity (Wildman–Crippen MR) is 37.8 cm³/mol. The highest BCUT2D eigenvalue weighted by Gasteiger charge is 2.32. The Bertz CT molecular complexity index is 162. The zero-order valence-electron chi connectivity index (χ0n) is 6.79. The van der Waals surface area contributed by atoms with E-state index in [4.69, 9.17) is 5.73 Å². The number of nitrogens with two attached hydrogens (primary N) is 1. The van der Waals surface area contributed by atoms with Gasteiger partial charge >= 0.3 is 6.18 Å². The van der Waals surface area contributed by atoms with Crippen molar-refractivity contribution in [3.63, 3.8) is 0 Å². The first-order valence-corrected chi connectivity index (χ1v) is 3.18. The lowest BCUT2D eigenvalue weighted by atomic mass is 9.95. The average Bonchev–Trinajstić information content (AvgIpc) is 1.56. The molecule has 0 aliphatic heterocycles. The molecular weight excluding hydrogens is 155 g/mol.